The number of hydrogen-bond acceptors (Lipinski definition) is 5. The summed E-state index contributed by atoms with van der Waals surface area (Å²) in [6.45, 7) is 3.80. The molecule has 1 amide bonds. The molecule has 96 valence electrons. The lowest BCUT2D eigenvalue weighted by Gasteiger charge is -2.09. The molecule has 7 heteroatoms. The van der Waals surface area contributed by atoms with E-state index in [1.54, 1.807) is 18.6 Å². The maximum absolute atomic E-state index is 11.9. The summed E-state index contributed by atoms with van der Waals surface area (Å²) in [4.78, 5) is 23.3. The van der Waals surface area contributed by atoms with E-state index in [1.165, 1.54) is 11.3 Å². The van der Waals surface area contributed by atoms with Gasteiger partial charge in [-0.15, -0.1) is 11.3 Å². The molecule has 0 spiro atoms. The van der Waals surface area contributed by atoms with E-state index >= 15 is 0 Å². The molecule has 18 heavy (non-hydrogen) atoms. The van der Waals surface area contributed by atoms with E-state index in [-0.39, 0.29) is 11.9 Å². The Hall–Kier alpha value is -1.89. The molecule has 0 fully saturated rings. The zero-order valence-corrected chi connectivity index (χ0v) is 11.3. The number of amides is 1. The molecule has 2 rings (SSSR count). The van der Waals surface area contributed by atoms with Gasteiger partial charge in [0.2, 0.25) is 0 Å². The second-order valence-electron chi connectivity index (χ2n) is 3.93. The molecule has 2 aromatic heterocycles. The van der Waals surface area contributed by atoms with Crippen LogP contribution in [0.15, 0.2) is 11.6 Å². The standard InChI is InChI=1S/C11H15N5OS/c1-6-4-13-9(14-6)7(2)15-10(17)8-5-18-11(12-3)16-8/h4-5,7H,1-3H3,(H,12,16)(H,13,14)(H,15,17)/t7-/m0/s1. The van der Waals surface area contributed by atoms with E-state index in [9.17, 15) is 4.79 Å². The minimum Gasteiger partial charge on any atom is -0.365 e. The number of hydrogen-bond donors (Lipinski definition) is 3. The third-order valence-corrected chi connectivity index (χ3v) is 3.29. The van der Waals surface area contributed by atoms with Crippen molar-refractivity contribution >= 4 is 22.4 Å². The van der Waals surface area contributed by atoms with Crippen molar-refractivity contribution < 1.29 is 4.79 Å². The van der Waals surface area contributed by atoms with Gasteiger partial charge >= 0.3 is 0 Å². The van der Waals surface area contributed by atoms with E-state index in [2.05, 4.69) is 25.6 Å². The zero-order valence-electron chi connectivity index (χ0n) is 10.4. The summed E-state index contributed by atoms with van der Waals surface area (Å²) in [5.41, 5.74) is 1.39. The fourth-order valence-corrected chi connectivity index (χ4v) is 2.14. The normalized spacial score (nSPS) is 12.2. The zero-order chi connectivity index (χ0) is 13.1. The van der Waals surface area contributed by atoms with Gasteiger partial charge in [-0.25, -0.2) is 9.97 Å². The van der Waals surface area contributed by atoms with Crippen LogP contribution in [-0.2, 0) is 0 Å². The number of nitrogens with zero attached hydrogens (tertiary/aromatic N) is 2. The Balaban J connectivity index is 2.02. The first-order valence-corrected chi connectivity index (χ1v) is 6.43. The van der Waals surface area contributed by atoms with Gasteiger partial charge in [-0.1, -0.05) is 0 Å². The highest BCUT2D eigenvalue weighted by atomic mass is 32.1. The fraction of sp³-hybridized carbons (Fsp3) is 0.364. The van der Waals surface area contributed by atoms with Crippen molar-refractivity contribution in [2.45, 2.75) is 19.9 Å². The van der Waals surface area contributed by atoms with Crippen molar-refractivity contribution in [2.75, 3.05) is 12.4 Å². The highest BCUT2D eigenvalue weighted by molar-refractivity contribution is 7.13. The molecule has 0 aliphatic carbocycles. The number of thiazole rings is 1. The Morgan fingerprint density at radius 3 is 2.89 bits per heavy atom. The monoisotopic (exact) mass is 265 g/mol. The number of aryl methyl sites for hydroxylation is 1. The van der Waals surface area contributed by atoms with Crippen LogP contribution >= 0.6 is 11.3 Å². The maximum Gasteiger partial charge on any atom is 0.271 e. The van der Waals surface area contributed by atoms with Gasteiger partial charge in [0.25, 0.3) is 5.91 Å². The van der Waals surface area contributed by atoms with E-state index < -0.39 is 0 Å². The lowest BCUT2D eigenvalue weighted by atomic mass is 10.3. The Morgan fingerprint density at radius 2 is 2.33 bits per heavy atom. The number of nitrogens with one attached hydrogen (secondary N) is 3. The van der Waals surface area contributed by atoms with E-state index in [1.807, 2.05) is 13.8 Å². The molecule has 1 atom stereocenters. The number of aromatic amines is 1. The molecule has 0 aromatic carbocycles. The molecule has 2 heterocycles. The van der Waals surface area contributed by atoms with Gasteiger partial charge in [-0.05, 0) is 13.8 Å². The topological polar surface area (TPSA) is 82.7 Å². The summed E-state index contributed by atoms with van der Waals surface area (Å²) in [5, 5.41) is 8.19. The molecule has 2 aromatic rings. The van der Waals surface area contributed by atoms with Crippen LogP contribution in [0.3, 0.4) is 0 Å². The first-order chi connectivity index (χ1) is 8.60. The second kappa shape index (κ2) is 5.18. The van der Waals surface area contributed by atoms with Crippen LogP contribution in [0.4, 0.5) is 5.13 Å². The van der Waals surface area contributed by atoms with Crippen LogP contribution in [0.1, 0.15) is 35.0 Å². The van der Waals surface area contributed by atoms with Crippen LogP contribution in [-0.4, -0.2) is 27.9 Å². The summed E-state index contributed by atoms with van der Waals surface area (Å²) in [7, 11) is 1.77. The number of anilines is 1. The minimum absolute atomic E-state index is 0.175. The van der Waals surface area contributed by atoms with E-state index in [0.717, 1.165) is 16.6 Å². The summed E-state index contributed by atoms with van der Waals surface area (Å²) in [6, 6.07) is -0.175. The minimum atomic E-state index is -0.200. The quantitative estimate of drug-likeness (QED) is 0.786. The van der Waals surface area contributed by atoms with Crippen LogP contribution in [0.25, 0.3) is 0 Å². The number of rotatable bonds is 4. The Kier molecular flexibility index (Phi) is 3.61. The first-order valence-electron chi connectivity index (χ1n) is 5.56. The van der Waals surface area contributed by atoms with E-state index in [0.29, 0.717) is 5.69 Å². The molecule has 0 aliphatic heterocycles. The fourth-order valence-electron chi connectivity index (χ4n) is 1.48. The molecule has 0 aliphatic rings. The highest BCUT2D eigenvalue weighted by Gasteiger charge is 2.15. The lowest BCUT2D eigenvalue weighted by Crippen LogP contribution is -2.27. The van der Waals surface area contributed by atoms with Gasteiger partial charge in [0.05, 0.1) is 6.04 Å². The molecule has 3 N–H and O–H groups in total. The van der Waals surface area contributed by atoms with Gasteiger partial charge in [0, 0.05) is 24.3 Å². The van der Waals surface area contributed by atoms with Crippen LogP contribution < -0.4 is 10.6 Å². The first kappa shape index (κ1) is 12.6. The Labute approximate surface area is 109 Å². The molecule has 0 saturated heterocycles. The largest absolute Gasteiger partial charge is 0.365 e. The van der Waals surface area contributed by atoms with Gasteiger partial charge in [-0.2, -0.15) is 0 Å². The second-order valence-corrected chi connectivity index (χ2v) is 4.79. The highest BCUT2D eigenvalue weighted by Crippen LogP contribution is 2.15. The molecular weight excluding hydrogens is 250 g/mol. The Bertz CT molecular complexity index is 547. The van der Waals surface area contributed by atoms with Crippen molar-refractivity contribution in [3.63, 3.8) is 0 Å². The predicted molar refractivity (Wildman–Crippen MR) is 70.9 cm³/mol. The number of carbonyl (C=O) groups is 1. The summed E-state index contributed by atoms with van der Waals surface area (Å²) >= 11 is 1.40. The van der Waals surface area contributed by atoms with Gasteiger partial charge in [0.15, 0.2) is 5.13 Å². The maximum atomic E-state index is 11.9. The van der Waals surface area contributed by atoms with Crippen LogP contribution in [0, 0.1) is 6.92 Å². The van der Waals surface area contributed by atoms with Gasteiger partial charge in [-0.3, -0.25) is 4.79 Å². The number of aromatic nitrogens is 3. The van der Waals surface area contributed by atoms with E-state index in [4.69, 9.17) is 0 Å². The summed E-state index contributed by atoms with van der Waals surface area (Å²) in [6.07, 6.45) is 1.74. The van der Waals surface area contributed by atoms with Crippen molar-refractivity contribution in [3.8, 4) is 0 Å². The molecule has 0 saturated carbocycles. The Morgan fingerprint density at radius 1 is 1.56 bits per heavy atom. The van der Waals surface area contributed by atoms with Crippen molar-refractivity contribution in [3.05, 3.63) is 28.8 Å². The predicted octanol–water partition coefficient (Wildman–Crippen LogP) is 1.71. The SMILES string of the molecule is CNc1nc(C(=O)N[C@@H](C)c2ncc(C)[nH]2)cs1. The van der Waals surface area contributed by atoms with Gasteiger partial charge in [0.1, 0.15) is 11.5 Å². The summed E-state index contributed by atoms with van der Waals surface area (Å²) < 4.78 is 0. The van der Waals surface area contributed by atoms with Crippen molar-refractivity contribution in [1.29, 1.82) is 0 Å². The molecule has 0 radical (unpaired) electrons. The van der Waals surface area contributed by atoms with Crippen molar-refractivity contribution in [1.82, 2.24) is 20.3 Å². The molecule has 0 unspecified atom stereocenters. The number of H-pyrrole nitrogens is 1. The third-order valence-electron chi connectivity index (χ3n) is 2.43. The molecule has 0 bridgehead atoms. The lowest BCUT2D eigenvalue weighted by molar-refractivity contribution is 0.0934. The average Bonchev–Trinajstić information content (AvgIpc) is 2.97. The third kappa shape index (κ3) is 2.67. The average molecular weight is 265 g/mol. The van der Waals surface area contributed by atoms with Gasteiger partial charge < -0.3 is 15.6 Å². The van der Waals surface area contributed by atoms with Crippen LogP contribution in [0.5, 0.6) is 0 Å². The van der Waals surface area contributed by atoms with Crippen LogP contribution in [0.2, 0.25) is 0 Å². The summed E-state index contributed by atoms with van der Waals surface area (Å²) in [5.74, 6) is 0.541. The molecular formula is C11H15N5OS. The number of imidazole rings is 1. The smallest absolute Gasteiger partial charge is 0.271 e. The molecule has 6 nitrogen and oxygen atoms in total. The van der Waals surface area contributed by atoms with Crippen molar-refractivity contribution in [2.24, 2.45) is 0 Å². The number of carbonyl (C=O) groups excluding carboxylic acids is 1.